The Morgan fingerprint density at radius 1 is 1.17 bits per heavy atom. The van der Waals surface area contributed by atoms with E-state index in [0.717, 1.165) is 44.0 Å². The summed E-state index contributed by atoms with van der Waals surface area (Å²) in [4.78, 5) is 17.6. The average Bonchev–Trinajstić information content (AvgIpc) is 3.25. The normalized spacial score (nSPS) is 14.7. The Morgan fingerprint density at radius 3 is 2.74 bits per heavy atom. The van der Waals surface area contributed by atoms with E-state index in [0.29, 0.717) is 48.5 Å². The van der Waals surface area contributed by atoms with Gasteiger partial charge in [-0.05, 0) is 56.0 Å². The Balaban J connectivity index is 1.27. The van der Waals surface area contributed by atoms with Crippen molar-refractivity contribution in [3.63, 3.8) is 0 Å². The molecule has 0 unspecified atom stereocenters. The molecule has 1 aliphatic heterocycles. The molecule has 0 aliphatic carbocycles. The van der Waals surface area contributed by atoms with Crippen LogP contribution in [0.2, 0.25) is 0 Å². The molecular weight excluding hydrogens is 450 g/mol. The van der Waals surface area contributed by atoms with Crippen LogP contribution in [0.15, 0.2) is 40.8 Å². The molecule has 3 aromatic rings. The molecule has 1 aliphatic rings. The van der Waals surface area contributed by atoms with Gasteiger partial charge in [0.1, 0.15) is 11.3 Å². The minimum Gasteiger partial charge on any atom is -0.493 e. The van der Waals surface area contributed by atoms with E-state index >= 15 is 0 Å². The summed E-state index contributed by atoms with van der Waals surface area (Å²) in [5.41, 5.74) is 2.61. The van der Waals surface area contributed by atoms with E-state index in [-0.39, 0.29) is 6.42 Å². The maximum absolute atomic E-state index is 10.6. The lowest BCUT2D eigenvalue weighted by molar-refractivity contribution is -0.137. The first-order valence-corrected chi connectivity index (χ1v) is 12.1. The molecule has 1 aromatic heterocycles. The van der Waals surface area contributed by atoms with Gasteiger partial charge in [0.25, 0.3) is 6.01 Å². The smallest absolute Gasteiger partial charge is 0.303 e. The topological polar surface area (TPSA) is 106 Å². The molecule has 2 N–H and O–H groups in total. The Kier molecular flexibility index (Phi) is 8.31. The highest BCUT2D eigenvalue weighted by Gasteiger charge is 2.21. The van der Waals surface area contributed by atoms with Crippen molar-refractivity contribution in [1.82, 2.24) is 9.88 Å². The molecule has 0 bridgehead atoms. The zero-order valence-electron chi connectivity index (χ0n) is 20.3. The van der Waals surface area contributed by atoms with Crippen molar-refractivity contribution in [2.24, 2.45) is 0 Å². The monoisotopic (exact) mass is 483 g/mol. The molecular formula is C26H33N3O6. The number of nitrogens with one attached hydrogen (secondary N) is 1. The minimum absolute atomic E-state index is 0.0908. The number of nitrogens with zero attached hydrogens (tertiary/aromatic N) is 2. The highest BCUT2D eigenvalue weighted by Crippen LogP contribution is 2.29. The lowest BCUT2D eigenvalue weighted by Gasteiger charge is -2.32. The van der Waals surface area contributed by atoms with Crippen LogP contribution >= 0.6 is 0 Å². The summed E-state index contributed by atoms with van der Waals surface area (Å²) in [7, 11) is 1.66. The third-order valence-electron chi connectivity index (χ3n) is 6.01. The number of aromatic nitrogens is 1. The number of carbonyl (C=O) groups is 1. The highest BCUT2D eigenvalue weighted by molar-refractivity contribution is 5.76. The fourth-order valence-electron chi connectivity index (χ4n) is 4.23. The maximum atomic E-state index is 10.6. The van der Waals surface area contributed by atoms with Crippen molar-refractivity contribution in [3.05, 3.63) is 42.0 Å². The first kappa shape index (κ1) is 24.7. The number of ether oxygens (including phenoxy) is 3. The number of oxazole rings is 1. The number of hydrogen-bond donors (Lipinski definition) is 2. The van der Waals surface area contributed by atoms with Gasteiger partial charge >= 0.3 is 5.97 Å². The van der Waals surface area contributed by atoms with Gasteiger partial charge in [-0.1, -0.05) is 6.07 Å². The van der Waals surface area contributed by atoms with Crippen LogP contribution in [0.25, 0.3) is 11.1 Å². The number of methoxy groups -OCH3 is 1. The number of rotatable bonds is 12. The van der Waals surface area contributed by atoms with Gasteiger partial charge in [0.2, 0.25) is 0 Å². The van der Waals surface area contributed by atoms with E-state index in [9.17, 15) is 4.79 Å². The molecule has 0 saturated carbocycles. The van der Waals surface area contributed by atoms with Crippen LogP contribution in [0, 0.1) is 0 Å². The molecule has 0 spiro atoms. The number of likely N-dealkylation sites (tertiary alicyclic amines) is 1. The molecule has 9 heteroatoms. The second kappa shape index (κ2) is 11.8. The molecule has 0 atom stereocenters. The number of carboxylic acid groups (broad SMARTS) is 1. The third-order valence-corrected chi connectivity index (χ3v) is 6.01. The summed E-state index contributed by atoms with van der Waals surface area (Å²) < 4.78 is 22.6. The molecule has 4 rings (SSSR count). The van der Waals surface area contributed by atoms with Crippen molar-refractivity contribution in [2.45, 2.75) is 45.2 Å². The molecule has 188 valence electrons. The summed E-state index contributed by atoms with van der Waals surface area (Å²) in [6.07, 6.45) is 2.54. The van der Waals surface area contributed by atoms with E-state index in [2.05, 4.69) is 27.3 Å². The summed E-state index contributed by atoms with van der Waals surface area (Å²) >= 11 is 0. The van der Waals surface area contributed by atoms with Gasteiger partial charge in [-0.15, -0.1) is 0 Å². The van der Waals surface area contributed by atoms with Crippen LogP contribution in [0.4, 0.5) is 6.01 Å². The average molecular weight is 484 g/mol. The van der Waals surface area contributed by atoms with E-state index in [1.165, 1.54) is 5.56 Å². The van der Waals surface area contributed by atoms with Gasteiger partial charge in [-0.25, -0.2) is 0 Å². The molecule has 0 amide bonds. The van der Waals surface area contributed by atoms with Crippen LogP contribution in [0.3, 0.4) is 0 Å². The van der Waals surface area contributed by atoms with Gasteiger partial charge in [-0.3, -0.25) is 9.69 Å². The van der Waals surface area contributed by atoms with Crippen molar-refractivity contribution in [2.75, 3.05) is 38.7 Å². The van der Waals surface area contributed by atoms with Gasteiger partial charge in [0.15, 0.2) is 17.1 Å². The molecule has 2 heterocycles. The molecule has 1 saturated heterocycles. The Hall–Kier alpha value is -3.46. The van der Waals surface area contributed by atoms with Crippen LogP contribution in [0.1, 0.15) is 38.2 Å². The van der Waals surface area contributed by atoms with E-state index in [4.69, 9.17) is 23.7 Å². The summed E-state index contributed by atoms with van der Waals surface area (Å²) in [6.45, 7) is 5.74. The predicted octanol–water partition coefficient (Wildman–Crippen LogP) is 4.56. The fourth-order valence-corrected chi connectivity index (χ4v) is 4.23. The summed E-state index contributed by atoms with van der Waals surface area (Å²) in [6, 6.07) is 12.4. The number of hydrogen-bond acceptors (Lipinski definition) is 8. The molecule has 2 aromatic carbocycles. The SMILES string of the molecule is CCOc1cc(CN2CCC(Nc3nc4cc(OCCCC(=O)O)ccc4o3)CC2)ccc1OC. The van der Waals surface area contributed by atoms with Crippen LogP contribution in [-0.4, -0.2) is 60.4 Å². The number of piperidine rings is 1. The highest BCUT2D eigenvalue weighted by atomic mass is 16.5. The second-order valence-electron chi connectivity index (χ2n) is 8.61. The van der Waals surface area contributed by atoms with Crippen LogP contribution in [0.5, 0.6) is 17.2 Å². The Morgan fingerprint density at radius 2 is 2.00 bits per heavy atom. The first-order chi connectivity index (χ1) is 17.0. The largest absolute Gasteiger partial charge is 0.493 e. The number of carboxylic acids is 1. The lowest BCUT2D eigenvalue weighted by atomic mass is 10.0. The minimum atomic E-state index is -0.821. The predicted molar refractivity (Wildman–Crippen MR) is 132 cm³/mol. The van der Waals surface area contributed by atoms with Gasteiger partial charge in [-0.2, -0.15) is 4.98 Å². The maximum Gasteiger partial charge on any atom is 0.303 e. The fraction of sp³-hybridized carbons (Fsp3) is 0.462. The molecule has 35 heavy (non-hydrogen) atoms. The zero-order chi connectivity index (χ0) is 24.6. The van der Waals surface area contributed by atoms with Crippen molar-refractivity contribution >= 4 is 23.1 Å². The quantitative estimate of drug-likeness (QED) is 0.359. The molecule has 9 nitrogen and oxygen atoms in total. The van der Waals surface area contributed by atoms with Crippen molar-refractivity contribution in [1.29, 1.82) is 0 Å². The molecule has 1 fully saturated rings. The Labute approximate surface area is 205 Å². The van der Waals surface area contributed by atoms with Gasteiger partial charge in [0, 0.05) is 38.2 Å². The molecule has 0 radical (unpaired) electrons. The number of fused-ring (bicyclic) bond motifs is 1. The number of anilines is 1. The van der Waals surface area contributed by atoms with Gasteiger partial charge < -0.3 is 29.1 Å². The lowest BCUT2D eigenvalue weighted by Crippen LogP contribution is -2.38. The van der Waals surface area contributed by atoms with Crippen molar-refractivity contribution < 1.29 is 28.5 Å². The van der Waals surface area contributed by atoms with E-state index in [1.54, 1.807) is 7.11 Å². The number of benzene rings is 2. The summed E-state index contributed by atoms with van der Waals surface area (Å²) in [5, 5.41) is 12.2. The summed E-state index contributed by atoms with van der Waals surface area (Å²) in [5.74, 6) is 1.38. The van der Waals surface area contributed by atoms with Crippen LogP contribution < -0.4 is 19.5 Å². The van der Waals surface area contributed by atoms with Gasteiger partial charge in [0.05, 0.1) is 20.3 Å². The second-order valence-corrected chi connectivity index (χ2v) is 8.61. The van der Waals surface area contributed by atoms with Crippen molar-refractivity contribution in [3.8, 4) is 17.2 Å². The standard InChI is InChI=1S/C26H33N3O6/c1-3-33-24-15-18(6-8-23(24)32-2)17-29-12-10-19(11-13-29)27-26-28-21-16-20(7-9-22(21)35-26)34-14-4-5-25(30)31/h6-9,15-16,19H,3-5,10-14,17H2,1-2H3,(H,27,28)(H,30,31). The zero-order valence-corrected chi connectivity index (χ0v) is 20.3. The van der Waals surface area contributed by atoms with E-state index in [1.807, 2.05) is 31.2 Å². The number of aliphatic carboxylic acids is 1. The first-order valence-electron chi connectivity index (χ1n) is 12.1. The Bertz CT molecular complexity index is 1120. The van der Waals surface area contributed by atoms with E-state index < -0.39 is 5.97 Å². The third kappa shape index (κ3) is 6.79. The van der Waals surface area contributed by atoms with Crippen LogP contribution in [-0.2, 0) is 11.3 Å².